The monoisotopic (exact) mass is 269 g/mol. The number of esters is 1. The van der Waals surface area contributed by atoms with Gasteiger partial charge in [-0.05, 0) is 29.9 Å². The largest absolute Gasteiger partial charge is 0.465 e. The van der Waals surface area contributed by atoms with Crippen molar-refractivity contribution in [1.29, 1.82) is 0 Å². The highest BCUT2D eigenvalue weighted by atomic mass is 32.1. The highest BCUT2D eigenvalue weighted by molar-refractivity contribution is 7.12. The smallest absolute Gasteiger partial charge is 0.348 e. The highest BCUT2D eigenvalue weighted by Crippen LogP contribution is 2.30. The summed E-state index contributed by atoms with van der Waals surface area (Å²) in [5, 5.41) is 14.8. The molecule has 1 aliphatic rings. The summed E-state index contributed by atoms with van der Waals surface area (Å²) in [5.74, 6) is -0.286. The van der Waals surface area contributed by atoms with Gasteiger partial charge in [0.15, 0.2) is 0 Å². The van der Waals surface area contributed by atoms with Gasteiger partial charge < -0.3 is 15.2 Å². The van der Waals surface area contributed by atoms with Crippen molar-refractivity contribution in [2.45, 2.75) is 37.8 Å². The van der Waals surface area contributed by atoms with Crippen LogP contribution in [0.3, 0.4) is 0 Å². The standard InChI is InChI=1S/C13H19NO3S/c1-17-12(16)11-10(4-7-18-11)8-14-13(9-15)5-2-3-6-13/h4,7,14-15H,2-3,5-6,8-9H2,1H3. The van der Waals surface area contributed by atoms with Gasteiger partial charge in [-0.15, -0.1) is 11.3 Å². The molecule has 1 heterocycles. The van der Waals surface area contributed by atoms with E-state index in [9.17, 15) is 9.90 Å². The minimum atomic E-state index is -0.286. The number of carbonyl (C=O) groups excluding carboxylic acids is 1. The summed E-state index contributed by atoms with van der Waals surface area (Å²) in [5.41, 5.74) is 0.793. The molecule has 0 radical (unpaired) electrons. The molecule has 0 aliphatic heterocycles. The van der Waals surface area contributed by atoms with E-state index < -0.39 is 0 Å². The van der Waals surface area contributed by atoms with Crippen LogP contribution in [0.15, 0.2) is 11.4 Å². The normalized spacial score (nSPS) is 17.9. The third-order valence-electron chi connectivity index (χ3n) is 3.63. The summed E-state index contributed by atoms with van der Waals surface area (Å²) in [6.45, 7) is 0.763. The number of hydrogen-bond acceptors (Lipinski definition) is 5. The van der Waals surface area contributed by atoms with Crippen LogP contribution >= 0.6 is 11.3 Å². The molecule has 1 aromatic rings. The van der Waals surface area contributed by atoms with Gasteiger partial charge in [-0.3, -0.25) is 0 Å². The molecular formula is C13H19NO3S. The molecule has 0 spiro atoms. The second kappa shape index (κ2) is 5.82. The van der Waals surface area contributed by atoms with E-state index in [1.165, 1.54) is 18.4 Å². The van der Waals surface area contributed by atoms with Crippen molar-refractivity contribution in [3.05, 3.63) is 21.9 Å². The van der Waals surface area contributed by atoms with Crippen molar-refractivity contribution in [1.82, 2.24) is 5.32 Å². The first-order valence-corrected chi connectivity index (χ1v) is 7.09. The van der Waals surface area contributed by atoms with Crippen LogP contribution < -0.4 is 5.32 Å². The summed E-state index contributed by atoms with van der Waals surface area (Å²) in [7, 11) is 1.39. The molecule has 0 saturated heterocycles. The summed E-state index contributed by atoms with van der Waals surface area (Å²) in [4.78, 5) is 12.2. The Bertz CT molecular complexity index is 410. The maximum atomic E-state index is 11.6. The SMILES string of the molecule is COC(=O)c1sccc1CNC1(CO)CCCC1. The van der Waals surface area contributed by atoms with Crippen LogP contribution in [0.25, 0.3) is 0 Å². The minimum absolute atomic E-state index is 0.157. The lowest BCUT2D eigenvalue weighted by Crippen LogP contribution is -2.45. The van der Waals surface area contributed by atoms with Gasteiger partial charge in [-0.1, -0.05) is 12.8 Å². The predicted molar refractivity (Wildman–Crippen MR) is 70.8 cm³/mol. The second-order valence-corrected chi connectivity index (χ2v) is 5.68. The molecule has 1 aliphatic carbocycles. The lowest BCUT2D eigenvalue weighted by molar-refractivity contribution is 0.0604. The van der Waals surface area contributed by atoms with Gasteiger partial charge in [-0.25, -0.2) is 4.79 Å². The van der Waals surface area contributed by atoms with E-state index in [0.29, 0.717) is 11.4 Å². The quantitative estimate of drug-likeness (QED) is 0.802. The summed E-state index contributed by atoms with van der Waals surface area (Å²) < 4.78 is 4.75. The Morgan fingerprint density at radius 2 is 2.28 bits per heavy atom. The number of aliphatic hydroxyl groups excluding tert-OH is 1. The molecule has 2 N–H and O–H groups in total. The molecule has 1 fully saturated rings. The second-order valence-electron chi connectivity index (χ2n) is 4.77. The van der Waals surface area contributed by atoms with E-state index in [-0.39, 0.29) is 18.1 Å². The van der Waals surface area contributed by atoms with Gasteiger partial charge in [0.1, 0.15) is 4.88 Å². The number of carbonyl (C=O) groups is 1. The maximum absolute atomic E-state index is 11.6. The fraction of sp³-hybridized carbons (Fsp3) is 0.615. The molecule has 4 nitrogen and oxygen atoms in total. The fourth-order valence-corrected chi connectivity index (χ4v) is 3.31. The van der Waals surface area contributed by atoms with Crippen LogP contribution in [0.5, 0.6) is 0 Å². The first-order chi connectivity index (χ1) is 8.71. The number of rotatable bonds is 5. The Kier molecular flexibility index (Phi) is 4.37. The molecule has 18 heavy (non-hydrogen) atoms. The van der Waals surface area contributed by atoms with Crippen LogP contribution in [0, 0.1) is 0 Å². The van der Waals surface area contributed by atoms with E-state index in [0.717, 1.165) is 31.2 Å². The zero-order chi connectivity index (χ0) is 13.0. The lowest BCUT2D eigenvalue weighted by Gasteiger charge is -2.28. The van der Waals surface area contributed by atoms with Gasteiger partial charge in [0.25, 0.3) is 0 Å². The molecule has 1 aromatic heterocycles. The van der Waals surface area contributed by atoms with Crippen LogP contribution in [0.4, 0.5) is 0 Å². The van der Waals surface area contributed by atoms with Crippen molar-refractivity contribution in [2.75, 3.05) is 13.7 Å². The molecule has 0 unspecified atom stereocenters. The topological polar surface area (TPSA) is 58.6 Å². The highest BCUT2D eigenvalue weighted by Gasteiger charge is 2.32. The number of nitrogens with one attached hydrogen (secondary N) is 1. The lowest BCUT2D eigenvalue weighted by atomic mass is 9.98. The van der Waals surface area contributed by atoms with Crippen molar-refractivity contribution in [3.63, 3.8) is 0 Å². The van der Waals surface area contributed by atoms with E-state index in [4.69, 9.17) is 4.74 Å². The van der Waals surface area contributed by atoms with E-state index in [1.54, 1.807) is 0 Å². The van der Waals surface area contributed by atoms with Gasteiger partial charge >= 0.3 is 5.97 Å². The van der Waals surface area contributed by atoms with E-state index in [2.05, 4.69) is 5.32 Å². The van der Waals surface area contributed by atoms with Crippen molar-refractivity contribution in [2.24, 2.45) is 0 Å². The zero-order valence-electron chi connectivity index (χ0n) is 10.6. The average molecular weight is 269 g/mol. The number of thiophene rings is 1. The Balaban J connectivity index is 2.01. The number of methoxy groups -OCH3 is 1. The third-order valence-corrected chi connectivity index (χ3v) is 4.57. The Labute approximate surface area is 111 Å². The maximum Gasteiger partial charge on any atom is 0.348 e. The number of hydrogen-bond donors (Lipinski definition) is 2. The predicted octanol–water partition coefficient (Wildman–Crippen LogP) is 1.93. The van der Waals surface area contributed by atoms with Crippen molar-refractivity contribution >= 4 is 17.3 Å². The molecule has 0 atom stereocenters. The third kappa shape index (κ3) is 2.74. The Morgan fingerprint density at radius 1 is 1.56 bits per heavy atom. The first-order valence-electron chi connectivity index (χ1n) is 6.21. The average Bonchev–Trinajstić information content (AvgIpc) is 3.05. The molecule has 1 saturated carbocycles. The Hall–Kier alpha value is -0.910. The minimum Gasteiger partial charge on any atom is -0.465 e. The molecule has 0 amide bonds. The van der Waals surface area contributed by atoms with Crippen LogP contribution in [0.1, 0.15) is 40.9 Å². The molecule has 100 valence electrons. The summed E-state index contributed by atoms with van der Waals surface area (Å²) >= 11 is 1.39. The molecular weight excluding hydrogens is 250 g/mol. The Morgan fingerprint density at radius 3 is 2.89 bits per heavy atom. The van der Waals surface area contributed by atoms with Gasteiger partial charge in [0.2, 0.25) is 0 Å². The first kappa shape index (κ1) is 13.5. The number of aliphatic hydroxyl groups is 1. The fourth-order valence-electron chi connectivity index (χ4n) is 2.47. The van der Waals surface area contributed by atoms with Crippen molar-refractivity contribution in [3.8, 4) is 0 Å². The molecule has 5 heteroatoms. The summed E-state index contributed by atoms with van der Waals surface area (Å²) in [6.07, 6.45) is 4.31. The van der Waals surface area contributed by atoms with Gasteiger partial charge in [-0.2, -0.15) is 0 Å². The van der Waals surface area contributed by atoms with Crippen LogP contribution in [-0.4, -0.2) is 30.3 Å². The zero-order valence-corrected chi connectivity index (χ0v) is 11.4. The molecule has 0 bridgehead atoms. The number of ether oxygens (including phenoxy) is 1. The van der Waals surface area contributed by atoms with E-state index >= 15 is 0 Å². The van der Waals surface area contributed by atoms with E-state index in [1.807, 2.05) is 11.4 Å². The van der Waals surface area contributed by atoms with Gasteiger partial charge in [0.05, 0.1) is 13.7 Å². The van der Waals surface area contributed by atoms with Crippen molar-refractivity contribution < 1.29 is 14.6 Å². The van der Waals surface area contributed by atoms with Crippen LogP contribution in [0.2, 0.25) is 0 Å². The molecule has 0 aromatic carbocycles. The van der Waals surface area contributed by atoms with Gasteiger partial charge in [0, 0.05) is 12.1 Å². The molecule has 2 rings (SSSR count). The summed E-state index contributed by atoms with van der Waals surface area (Å²) in [6, 6.07) is 1.93. The van der Waals surface area contributed by atoms with Crippen LogP contribution in [-0.2, 0) is 11.3 Å².